The van der Waals surface area contributed by atoms with E-state index in [2.05, 4.69) is 21.8 Å². The van der Waals surface area contributed by atoms with Gasteiger partial charge in [0.15, 0.2) is 0 Å². The van der Waals surface area contributed by atoms with Gasteiger partial charge in [0.25, 0.3) is 0 Å². The molecule has 0 spiro atoms. The van der Waals surface area contributed by atoms with Crippen molar-refractivity contribution in [3.8, 4) is 0 Å². The minimum absolute atomic E-state index is 0.878. The fourth-order valence-corrected chi connectivity index (χ4v) is 1.61. The Labute approximate surface area is 77.3 Å². The Hall–Kier alpha value is -0.670. The molecule has 0 fully saturated rings. The molecule has 0 radical (unpaired) electrons. The van der Waals surface area contributed by atoms with Gasteiger partial charge in [-0.25, -0.2) is 4.98 Å². The first-order chi connectivity index (χ1) is 5.83. The molecule has 0 aliphatic heterocycles. The van der Waals surface area contributed by atoms with Gasteiger partial charge in [0, 0.05) is 24.2 Å². The third-order valence-corrected chi connectivity index (χ3v) is 2.41. The number of hydrogen-bond donors (Lipinski definition) is 1. The molecular weight excluding hydrogens is 168 g/mol. The van der Waals surface area contributed by atoms with E-state index in [1.54, 1.807) is 11.3 Å². The number of nitrogens with zero attached hydrogens (tertiary/aromatic N) is 1. The van der Waals surface area contributed by atoms with Crippen LogP contribution in [0.2, 0.25) is 0 Å². The smallest absolute Gasteiger partial charge is 0.107 e. The Morgan fingerprint density at radius 1 is 1.67 bits per heavy atom. The average Bonchev–Trinajstić information content (AvgIpc) is 2.45. The minimum Gasteiger partial charge on any atom is -0.307 e. The van der Waals surface area contributed by atoms with Crippen LogP contribution >= 0.6 is 11.3 Å². The van der Waals surface area contributed by atoms with Crippen LogP contribution in [-0.4, -0.2) is 11.5 Å². The number of aromatic nitrogens is 1. The van der Waals surface area contributed by atoms with Gasteiger partial charge in [-0.05, 0) is 13.8 Å². The van der Waals surface area contributed by atoms with Crippen LogP contribution in [0.4, 0.5) is 0 Å². The van der Waals surface area contributed by atoms with E-state index in [0.29, 0.717) is 0 Å². The molecule has 0 amide bonds. The van der Waals surface area contributed by atoms with Gasteiger partial charge in [-0.15, -0.1) is 11.3 Å². The molecule has 0 saturated heterocycles. The van der Waals surface area contributed by atoms with Gasteiger partial charge in [-0.1, -0.05) is 12.2 Å². The summed E-state index contributed by atoms with van der Waals surface area (Å²) in [6.07, 6.45) is 4.14. The Morgan fingerprint density at radius 2 is 2.50 bits per heavy atom. The van der Waals surface area contributed by atoms with Gasteiger partial charge in [0.05, 0.1) is 0 Å². The molecule has 0 atom stereocenters. The maximum Gasteiger partial charge on any atom is 0.107 e. The fraction of sp³-hybridized carbons (Fsp3) is 0.444. The lowest BCUT2D eigenvalue weighted by Gasteiger charge is -1.95. The molecule has 66 valence electrons. The summed E-state index contributed by atoms with van der Waals surface area (Å²) < 4.78 is 0. The van der Waals surface area contributed by atoms with E-state index in [9.17, 15) is 0 Å². The average molecular weight is 182 g/mol. The summed E-state index contributed by atoms with van der Waals surface area (Å²) in [6, 6.07) is 0. The number of thiazole rings is 1. The number of aryl methyl sites for hydroxylation is 1. The van der Waals surface area contributed by atoms with Gasteiger partial charge >= 0.3 is 0 Å². The van der Waals surface area contributed by atoms with E-state index < -0.39 is 0 Å². The van der Waals surface area contributed by atoms with Crippen molar-refractivity contribution in [3.05, 3.63) is 28.2 Å². The quantitative estimate of drug-likeness (QED) is 0.570. The molecule has 0 aliphatic carbocycles. The Balaban J connectivity index is 2.24. The van der Waals surface area contributed by atoms with Crippen molar-refractivity contribution in [2.45, 2.75) is 20.4 Å². The van der Waals surface area contributed by atoms with Crippen molar-refractivity contribution in [1.82, 2.24) is 10.3 Å². The van der Waals surface area contributed by atoms with E-state index in [1.165, 1.54) is 0 Å². The third kappa shape index (κ3) is 3.15. The van der Waals surface area contributed by atoms with Crippen LogP contribution in [0.25, 0.3) is 0 Å². The molecule has 2 nitrogen and oxygen atoms in total. The van der Waals surface area contributed by atoms with E-state index in [0.717, 1.165) is 23.8 Å². The predicted molar refractivity (Wildman–Crippen MR) is 53.4 cm³/mol. The van der Waals surface area contributed by atoms with Crippen LogP contribution in [0.3, 0.4) is 0 Å². The normalized spacial score (nSPS) is 11.2. The Kier molecular flexibility index (Phi) is 3.97. The zero-order valence-electron chi connectivity index (χ0n) is 7.50. The summed E-state index contributed by atoms with van der Waals surface area (Å²) in [5.74, 6) is 0. The van der Waals surface area contributed by atoms with Crippen LogP contribution in [0.5, 0.6) is 0 Å². The highest BCUT2D eigenvalue weighted by atomic mass is 32.1. The summed E-state index contributed by atoms with van der Waals surface area (Å²) in [4.78, 5) is 4.34. The van der Waals surface area contributed by atoms with Crippen LogP contribution in [0, 0.1) is 6.92 Å². The summed E-state index contributed by atoms with van der Waals surface area (Å²) >= 11 is 1.71. The molecule has 0 bridgehead atoms. The highest BCUT2D eigenvalue weighted by Crippen LogP contribution is 2.07. The van der Waals surface area contributed by atoms with Crippen LogP contribution in [0.1, 0.15) is 17.6 Å². The second kappa shape index (κ2) is 5.06. The van der Waals surface area contributed by atoms with Gasteiger partial charge in [0.1, 0.15) is 5.01 Å². The Morgan fingerprint density at radius 3 is 3.08 bits per heavy atom. The van der Waals surface area contributed by atoms with E-state index in [4.69, 9.17) is 0 Å². The van der Waals surface area contributed by atoms with Gasteiger partial charge in [-0.3, -0.25) is 0 Å². The second-order valence-electron chi connectivity index (χ2n) is 2.58. The highest BCUT2D eigenvalue weighted by Gasteiger charge is 1.95. The minimum atomic E-state index is 0.878. The molecule has 1 aromatic heterocycles. The largest absolute Gasteiger partial charge is 0.307 e. The predicted octanol–water partition coefficient (Wildman–Crippen LogP) is 2.12. The first kappa shape index (κ1) is 9.42. The van der Waals surface area contributed by atoms with Crippen molar-refractivity contribution in [1.29, 1.82) is 0 Å². The second-order valence-corrected chi connectivity index (χ2v) is 3.53. The van der Waals surface area contributed by atoms with Crippen molar-refractivity contribution >= 4 is 11.3 Å². The molecule has 1 heterocycles. The fourth-order valence-electron chi connectivity index (χ4n) is 0.864. The molecular formula is C9H14N2S. The number of rotatable bonds is 4. The topological polar surface area (TPSA) is 24.9 Å². The molecule has 3 heteroatoms. The maximum absolute atomic E-state index is 4.34. The van der Waals surface area contributed by atoms with E-state index in [-0.39, 0.29) is 0 Å². The van der Waals surface area contributed by atoms with Crippen molar-refractivity contribution < 1.29 is 0 Å². The SMILES string of the molecule is C/C=C/CNCc1nc(C)cs1. The van der Waals surface area contributed by atoms with E-state index in [1.807, 2.05) is 19.9 Å². The van der Waals surface area contributed by atoms with Gasteiger partial charge in [-0.2, -0.15) is 0 Å². The van der Waals surface area contributed by atoms with Crippen molar-refractivity contribution in [2.24, 2.45) is 0 Å². The zero-order chi connectivity index (χ0) is 8.81. The molecule has 0 aliphatic rings. The molecule has 1 N–H and O–H groups in total. The van der Waals surface area contributed by atoms with Crippen molar-refractivity contribution in [3.63, 3.8) is 0 Å². The lowest BCUT2D eigenvalue weighted by molar-refractivity contribution is 0.752. The first-order valence-electron chi connectivity index (χ1n) is 4.06. The first-order valence-corrected chi connectivity index (χ1v) is 4.93. The maximum atomic E-state index is 4.34. The summed E-state index contributed by atoms with van der Waals surface area (Å²) in [7, 11) is 0. The molecule has 12 heavy (non-hydrogen) atoms. The molecule has 1 aromatic rings. The monoisotopic (exact) mass is 182 g/mol. The summed E-state index contributed by atoms with van der Waals surface area (Å²) in [6.45, 7) is 5.85. The summed E-state index contributed by atoms with van der Waals surface area (Å²) in [5, 5.41) is 6.52. The lowest BCUT2D eigenvalue weighted by Crippen LogP contribution is -2.12. The highest BCUT2D eigenvalue weighted by molar-refractivity contribution is 7.09. The molecule has 0 saturated carbocycles. The van der Waals surface area contributed by atoms with Crippen LogP contribution < -0.4 is 5.32 Å². The lowest BCUT2D eigenvalue weighted by atomic mass is 10.5. The zero-order valence-corrected chi connectivity index (χ0v) is 8.32. The van der Waals surface area contributed by atoms with Gasteiger partial charge < -0.3 is 5.32 Å². The number of hydrogen-bond acceptors (Lipinski definition) is 3. The Bertz CT molecular complexity index is 253. The van der Waals surface area contributed by atoms with Crippen LogP contribution in [-0.2, 0) is 6.54 Å². The van der Waals surface area contributed by atoms with E-state index >= 15 is 0 Å². The number of nitrogens with one attached hydrogen (secondary N) is 1. The molecule has 0 unspecified atom stereocenters. The number of allylic oxidation sites excluding steroid dienone is 1. The van der Waals surface area contributed by atoms with Gasteiger partial charge in [0.2, 0.25) is 0 Å². The summed E-state index contributed by atoms with van der Waals surface area (Å²) in [5.41, 5.74) is 1.11. The molecule has 1 rings (SSSR count). The third-order valence-electron chi connectivity index (χ3n) is 1.44. The molecule has 0 aromatic carbocycles. The van der Waals surface area contributed by atoms with Crippen LogP contribution in [0.15, 0.2) is 17.5 Å². The standard InChI is InChI=1S/C9H14N2S/c1-3-4-5-10-6-9-11-8(2)7-12-9/h3-4,7,10H,5-6H2,1-2H3/b4-3+. The van der Waals surface area contributed by atoms with Crippen molar-refractivity contribution in [2.75, 3.05) is 6.54 Å².